The number of anilines is 6. The Balaban J connectivity index is 1.89. The Hall–Kier alpha value is -5.36. The molecule has 0 aliphatic rings. The third kappa shape index (κ3) is 4.83. The molecule has 38 heavy (non-hydrogen) atoms. The second-order valence-electron chi connectivity index (χ2n) is 8.51. The largest absolute Gasteiger partial charge is 0.478 e. The minimum absolute atomic E-state index is 0.297. The second kappa shape index (κ2) is 10.7. The van der Waals surface area contributed by atoms with Gasteiger partial charge in [0.25, 0.3) is 0 Å². The number of nitrogens with zero attached hydrogens (tertiary/aromatic N) is 2. The van der Waals surface area contributed by atoms with E-state index in [2.05, 4.69) is 0 Å². The molecule has 6 nitrogen and oxygen atoms in total. The van der Waals surface area contributed by atoms with Crippen molar-refractivity contribution in [3.63, 3.8) is 0 Å². The Morgan fingerprint density at radius 1 is 0.421 bits per heavy atom. The number of carboxylic acid groups (broad SMARTS) is 2. The normalized spacial score (nSPS) is 10.5. The van der Waals surface area contributed by atoms with Gasteiger partial charge in [0, 0.05) is 22.7 Å². The van der Waals surface area contributed by atoms with Crippen LogP contribution in [0.4, 0.5) is 34.1 Å². The molecule has 6 heteroatoms. The van der Waals surface area contributed by atoms with Crippen molar-refractivity contribution in [2.24, 2.45) is 0 Å². The molecular formula is C32H24N2O4. The van der Waals surface area contributed by atoms with Crippen LogP contribution in [0.15, 0.2) is 133 Å². The highest BCUT2D eigenvalue weighted by molar-refractivity contribution is 6.06. The topological polar surface area (TPSA) is 81.1 Å². The summed E-state index contributed by atoms with van der Waals surface area (Å²) in [7, 11) is 0. The Morgan fingerprint density at radius 2 is 0.658 bits per heavy atom. The van der Waals surface area contributed by atoms with Crippen molar-refractivity contribution in [3.8, 4) is 0 Å². The molecular weight excluding hydrogens is 476 g/mol. The van der Waals surface area contributed by atoms with E-state index in [0.29, 0.717) is 11.4 Å². The van der Waals surface area contributed by atoms with E-state index < -0.39 is 11.9 Å². The number of carbonyl (C=O) groups is 2. The van der Waals surface area contributed by atoms with E-state index in [1.807, 2.05) is 131 Å². The van der Waals surface area contributed by atoms with Gasteiger partial charge in [-0.25, -0.2) is 9.59 Å². The second-order valence-corrected chi connectivity index (χ2v) is 8.51. The zero-order valence-corrected chi connectivity index (χ0v) is 20.3. The molecule has 0 unspecified atom stereocenters. The van der Waals surface area contributed by atoms with E-state index in [1.165, 1.54) is 12.1 Å². The van der Waals surface area contributed by atoms with Gasteiger partial charge in [-0.3, -0.25) is 0 Å². The summed E-state index contributed by atoms with van der Waals surface area (Å²) < 4.78 is 0. The number of carboxylic acids is 2. The van der Waals surface area contributed by atoms with Gasteiger partial charge in [0.05, 0.1) is 22.5 Å². The molecule has 0 saturated heterocycles. The average Bonchev–Trinajstić information content (AvgIpc) is 2.96. The monoisotopic (exact) mass is 500 g/mol. The molecule has 0 saturated carbocycles. The summed E-state index contributed by atoms with van der Waals surface area (Å²) in [5.74, 6) is -2.63. The molecule has 0 fully saturated rings. The maximum absolute atomic E-state index is 12.3. The number of benzene rings is 5. The Morgan fingerprint density at radius 3 is 0.868 bits per heavy atom. The molecule has 0 aliphatic heterocycles. The van der Waals surface area contributed by atoms with Crippen molar-refractivity contribution >= 4 is 46.1 Å². The Kier molecular flexibility index (Phi) is 6.87. The first-order valence-electron chi connectivity index (χ1n) is 12.0. The summed E-state index contributed by atoms with van der Waals surface area (Å²) in [6, 6.07) is 41.2. The molecule has 5 rings (SSSR count). The summed E-state index contributed by atoms with van der Waals surface area (Å²) in [6.45, 7) is 0. The van der Waals surface area contributed by atoms with Gasteiger partial charge in [0.2, 0.25) is 0 Å². The van der Waals surface area contributed by atoms with Crippen LogP contribution >= 0.6 is 0 Å². The highest BCUT2D eigenvalue weighted by atomic mass is 16.4. The van der Waals surface area contributed by atoms with Gasteiger partial charge in [-0.05, 0) is 60.7 Å². The van der Waals surface area contributed by atoms with Crippen molar-refractivity contribution < 1.29 is 19.8 Å². The van der Waals surface area contributed by atoms with Gasteiger partial charge in [-0.2, -0.15) is 0 Å². The highest BCUT2D eigenvalue weighted by Crippen LogP contribution is 2.46. The summed E-state index contributed by atoms with van der Waals surface area (Å²) in [5, 5.41) is 20.1. The van der Waals surface area contributed by atoms with Crippen LogP contribution in [-0.2, 0) is 0 Å². The lowest BCUT2D eigenvalue weighted by Gasteiger charge is -2.33. The van der Waals surface area contributed by atoms with Crippen LogP contribution in [-0.4, -0.2) is 22.2 Å². The Labute approximate surface area is 220 Å². The average molecular weight is 501 g/mol. The van der Waals surface area contributed by atoms with Crippen LogP contribution in [0.3, 0.4) is 0 Å². The molecule has 0 radical (unpaired) electrons. The van der Waals surface area contributed by atoms with Crippen LogP contribution in [0.25, 0.3) is 0 Å². The van der Waals surface area contributed by atoms with Crippen molar-refractivity contribution in [1.29, 1.82) is 0 Å². The van der Waals surface area contributed by atoms with Gasteiger partial charge >= 0.3 is 11.9 Å². The molecule has 186 valence electrons. The van der Waals surface area contributed by atoms with Crippen molar-refractivity contribution in [1.82, 2.24) is 0 Å². The van der Waals surface area contributed by atoms with Crippen LogP contribution in [0.5, 0.6) is 0 Å². The van der Waals surface area contributed by atoms with Crippen LogP contribution in [0.2, 0.25) is 0 Å². The van der Waals surface area contributed by atoms with Crippen molar-refractivity contribution in [2.45, 2.75) is 0 Å². The predicted octanol–water partition coefficient (Wildman–Crippen LogP) is 8.02. The lowest BCUT2D eigenvalue weighted by Crippen LogP contribution is -2.19. The zero-order valence-electron chi connectivity index (χ0n) is 20.3. The van der Waals surface area contributed by atoms with E-state index in [-0.39, 0.29) is 11.1 Å². The van der Waals surface area contributed by atoms with Crippen LogP contribution in [0.1, 0.15) is 20.7 Å². The summed E-state index contributed by atoms with van der Waals surface area (Å²) in [4.78, 5) is 28.5. The highest BCUT2D eigenvalue weighted by Gasteiger charge is 2.27. The molecule has 0 aliphatic carbocycles. The van der Waals surface area contributed by atoms with E-state index in [9.17, 15) is 19.8 Å². The maximum atomic E-state index is 12.3. The molecule has 0 atom stereocenters. The fraction of sp³-hybridized carbons (Fsp3) is 0. The quantitative estimate of drug-likeness (QED) is 0.224. The lowest BCUT2D eigenvalue weighted by molar-refractivity contribution is 0.0651. The van der Waals surface area contributed by atoms with Gasteiger partial charge in [0.1, 0.15) is 0 Å². The standard InChI is InChI=1S/C32H24N2O4/c35-31(36)27-21-29(33(23-13-5-1-6-14-23)24-15-7-2-8-16-24)30(22-28(27)32(37)38)34(25-17-9-3-10-18-25)26-19-11-4-12-20-26/h1-22H,(H,35,36)(H,37,38). The van der Waals surface area contributed by atoms with Gasteiger partial charge < -0.3 is 20.0 Å². The summed E-state index contributed by atoms with van der Waals surface area (Å²) in [6.07, 6.45) is 0. The third-order valence-corrected chi connectivity index (χ3v) is 6.11. The van der Waals surface area contributed by atoms with Gasteiger partial charge in [0.15, 0.2) is 0 Å². The van der Waals surface area contributed by atoms with Gasteiger partial charge in [-0.15, -0.1) is 0 Å². The van der Waals surface area contributed by atoms with E-state index >= 15 is 0 Å². The van der Waals surface area contributed by atoms with E-state index in [1.54, 1.807) is 0 Å². The van der Waals surface area contributed by atoms with Crippen LogP contribution in [0, 0.1) is 0 Å². The van der Waals surface area contributed by atoms with Gasteiger partial charge in [-0.1, -0.05) is 72.8 Å². The SMILES string of the molecule is O=C(O)c1cc(N(c2ccccc2)c2ccccc2)c(N(c2ccccc2)c2ccccc2)cc1C(=O)O. The van der Waals surface area contributed by atoms with Crippen molar-refractivity contribution in [3.05, 3.63) is 145 Å². The minimum atomic E-state index is -1.32. The predicted molar refractivity (Wildman–Crippen MR) is 150 cm³/mol. The van der Waals surface area contributed by atoms with E-state index in [0.717, 1.165) is 22.7 Å². The first-order chi connectivity index (χ1) is 18.5. The summed E-state index contributed by atoms with van der Waals surface area (Å²) in [5.41, 5.74) is 3.60. The maximum Gasteiger partial charge on any atom is 0.336 e. The molecule has 0 spiro atoms. The van der Waals surface area contributed by atoms with Crippen LogP contribution < -0.4 is 9.80 Å². The van der Waals surface area contributed by atoms with E-state index in [4.69, 9.17) is 0 Å². The molecule has 0 heterocycles. The fourth-order valence-corrected chi connectivity index (χ4v) is 4.45. The minimum Gasteiger partial charge on any atom is -0.478 e. The molecule has 5 aromatic carbocycles. The zero-order chi connectivity index (χ0) is 26.5. The fourth-order valence-electron chi connectivity index (χ4n) is 4.45. The summed E-state index contributed by atoms with van der Waals surface area (Å²) >= 11 is 0. The first kappa shape index (κ1) is 24.3. The number of rotatable bonds is 8. The Bertz CT molecular complexity index is 1360. The molecule has 5 aromatic rings. The number of aromatic carboxylic acids is 2. The third-order valence-electron chi connectivity index (χ3n) is 6.11. The first-order valence-corrected chi connectivity index (χ1v) is 12.0. The molecule has 0 amide bonds. The molecule has 0 aromatic heterocycles. The van der Waals surface area contributed by atoms with Crippen molar-refractivity contribution in [2.75, 3.05) is 9.80 Å². The number of hydrogen-bond donors (Lipinski definition) is 2. The molecule has 0 bridgehead atoms. The smallest absolute Gasteiger partial charge is 0.336 e. The number of hydrogen-bond acceptors (Lipinski definition) is 4. The molecule has 2 N–H and O–H groups in total. The number of para-hydroxylation sites is 4. The lowest BCUT2D eigenvalue weighted by atomic mass is 10.0.